The molecule has 0 aliphatic carbocycles. The lowest BCUT2D eigenvalue weighted by Crippen LogP contribution is -1.90. The van der Waals surface area contributed by atoms with E-state index in [1.165, 1.54) is 12.1 Å². The first-order valence-electron chi connectivity index (χ1n) is 5.70. The van der Waals surface area contributed by atoms with Gasteiger partial charge in [0.1, 0.15) is 5.82 Å². The van der Waals surface area contributed by atoms with Crippen LogP contribution >= 0.6 is 23.4 Å². The van der Waals surface area contributed by atoms with Gasteiger partial charge in [-0.25, -0.2) is 4.39 Å². The normalized spacial score (nSPS) is 10.2. The van der Waals surface area contributed by atoms with Crippen LogP contribution in [0.5, 0.6) is 0 Å². The van der Waals surface area contributed by atoms with Gasteiger partial charge in [0, 0.05) is 16.5 Å². The SMILES string of the molecule is N#Cc1ccc(F)c(CSCc2ccccc2Cl)c1. The van der Waals surface area contributed by atoms with Gasteiger partial charge in [-0.15, -0.1) is 0 Å². The topological polar surface area (TPSA) is 23.8 Å². The number of hydrogen-bond donors (Lipinski definition) is 0. The van der Waals surface area contributed by atoms with Crippen LogP contribution < -0.4 is 0 Å². The van der Waals surface area contributed by atoms with Gasteiger partial charge in [-0.2, -0.15) is 17.0 Å². The zero-order valence-electron chi connectivity index (χ0n) is 10.1. The van der Waals surface area contributed by atoms with Crippen LogP contribution in [0.1, 0.15) is 16.7 Å². The summed E-state index contributed by atoms with van der Waals surface area (Å²) in [6, 6.07) is 14.0. The van der Waals surface area contributed by atoms with Gasteiger partial charge in [0.25, 0.3) is 0 Å². The molecule has 0 aromatic heterocycles. The second-order valence-corrected chi connectivity index (χ2v) is 5.39. The average Bonchev–Trinajstić information content (AvgIpc) is 2.43. The molecule has 0 saturated heterocycles. The molecule has 0 fully saturated rings. The molecule has 1 nitrogen and oxygen atoms in total. The van der Waals surface area contributed by atoms with E-state index < -0.39 is 0 Å². The van der Waals surface area contributed by atoms with Crippen molar-refractivity contribution in [1.82, 2.24) is 0 Å². The summed E-state index contributed by atoms with van der Waals surface area (Å²) in [5.41, 5.74) is 2.07. The summed E-state index contributed by atoms with van der Waals surface area (Å²) in [6.45, 7) is 0. The number of benzene rings is 2. The maximum atomic E-state index is 13.6. The number of halogens is 2. The Morgan fingerprint density at radius 3 is 2.58 bits per heavy atom. The van der Waals surface area contributed by atoms with Crippen LogP contribution in [0.4, 0.5) is 4.39 Å². The smallest absolute Gasteiger partial charge is 0.127 e. The number of thioether (sulfide) groups is 1. The van der Waals surface area contributed by atoms with E-state index in [1.54, 1.807) is 17.8 Å². The number of nitriles is 1. The molecule has 0 aliphatic heterocycles. The molecule has 2 aromatic rings. The molecule has 96 valence electrons. The van der Waals surface area contributed by atoms with E-state index in [0.29, 0.717) is 16.9 Å². The molecule has 2 aromatic carbocycles. The fourth-order valence-corrected chi connectivity index (χ4v) is 2.94. The molecule has 0 heterocycles. The van der Waals surface area contributed by atoms with Crippen LogP contribution in [0.3, 0.4) is 0 Å². The highest BCUT2D eigenvalue weighted by Crippen LogP contribution is 2.24. The maximum absolute atomic E-state index is 13.6. The maximum Gasteiger partial charge on any atom is 0.127 e. The Kier molecular flexibility index (Phi) is 4.84. The van der Waals surface area contributed by atoms with Gasteiger partial charge in [-0.1, -0.05) is 29.8 Å². The Morgan fingerprint density at radius 2 is 1.84 bits per heavy atom. The summed E-state index contributed by atoms with van der Waals surface area (Å²) in [4.78, 5) is 0. The first kappa shape index (κ1) is 13.9. The molecule has 0 bridgehead atoms. The van der Waals surface area contributed by atoms with Crippen molar-refractivity contribution in [3.63, 3.8) is 0 Å². The van der Waals surface area contributed by atoms with Crippen LogP contribution in [-0.2, 0) is 11.5 Å². The van der Waals surface area contributed by atoms with E-state index in [1.807, 2.05) is 30.3 Å². The van der Waals surface area contributed by atoms with E-state index in [9.17, 15) is 4.39 Å². The molecule has 0 saturated carbocycles. The molecule has 0 N–H and O–H groups in total. The third-order valence-electron chi connectivity index (χ3n) is 2.65. The molecule has 0 aliphatic rings. The van der Waals surface area contributed by atoms with Gasteiger partial charge in [-0.3, -0.25) is 0 Å². The van der Waals surface area contributed by atoms with Crippen LogP contribution in [0.25, 0.3) is 0 Å². The molecular formula is C15H11ClFNS. The van der Waals surface area contributed by atoms with Crippen molar-refractivity contribution < 1.29 is 4.39 Å². The minimum absolute atomic E-state index is 0.273. The van der Waals surface area contributed by atoms with Crippen molar-refractivity contribution in [2.24, 2.45) is 0 Å². The number of nitrogens with zero attached hydrogens (tertiary/aromatic N) is 1. The average molecular weight is 292 g/mol. The van der Waals surface area contributed by atoms with E-state index in [0.717, 1.165) is 16.3 Å². The Hall–Kier alpha value is -1.50. The van der Waals surface area contributed by atoms with Crippen molar-refractivity contribution >= 4 is 23.4 Å². The molecular weight excluding hydrogens is 281 g/mol. The Bertz CT molecular complexity index is 622. The van der Waals surface area contributed by atoms with Crippen molar-refractivity contribution in [3.8, 4) is 6.07 Å². The predicted molar refractivity (Wildman–Crippen MR) is 77.6 cm³/mol. The zero-order chi connectivity index (χ0) is 13.7. The lowest BCUT2D eigenvalue weighted by Gasteiger charge is -2.05. The summed E-state index contributed by atoms with van der Waals surface area (Å²) < 4.78 is 13.6. The molecule has 19 heavy (non-hydrogen) atoms. The molecule has 0 amide bonds. The van der Waals surface area contributed by atoms with Gasteiger partial charge in [0.15, 0.2) is 0 Å². The van der Waals surface area contributed by atoms with Gasteiger partial charge < -0.3 is 0 Å². The standard InChI is InChI=1S/C15H11ClFNS/c16-14-4-2-1-3-12(14)9-19-10-13-7-11(8-18)5-6-15(13)17/h1-7H,9-10H2. The second kappa shape index (κ2) is 6.60. The summed E-state index contributed by atoms with van der Waals surface area (Å²) in [7, 11) is 0. The lowest BCUT2D eigenvalue weighted by atomic mass is 10.1. The minimum Gasteiger partial charge on any atom is -0.207 e. The van der Waals surface area contributed by atoms with Gasteiger partial charge in [-0.05, 0) is 35.4 Å². The Balaban J connectivity index is 2.00. The van der Waals surface area contributed by atoms with Gasteiger partial charge in [0.2, 0.25) is 0 Å². The minimum atomic E-state index is -0.273. The monoisotopic (exact) mass is 291 g/mol. The number of rotatable bonds is 4. The summed E-state index contributed by atoms with van der Waals surface area (Å²) in [5, 5.41) is 9.52. The van der Waals surface area contributed by atoms with E-state index in [4.69, 9.17) is 16.9 Å². The van der Waals surface area contributed by atoms with Crippen LogP contribution in [0.15, 0.2) is 42.5 Å². The highest BCUT2D eigenvalue weighted by atomic mass is 35.5. The first-order valence-corrected chi connectivity index (χ1v) is 7.23. The second-order valence-electron chi connectivity index (χ2n) is 4.00. The Labute approximate surface area is 121 Å². The number of hydrogen-bond acceptors (Lipinski definition) is 2. The third kappa shape index (κ3) is 3.73. The fourth-order valence-electron chi connectivity index (χ4n) is 1.64. The summed E-state index contributed by atoms with van der Waals surface area (Å²) in [6.07, 6.45) is 0. The van der Waals surface area contributed by atoms with Crippen molar-refractivity contribution in [1.29, 1.82) is 5.26 Å². The molecule has 0 unspecified atom stereocenters. The highest BCUT2D eigenvalue weighted by Gasteiger charge is 2.05. The quantitative estimate of drug-likeness (QED) is 0.809. The van der Waals surface area contributed by atoms with E-state index in [-0.39, 0.29) is 5.82 Å². The molecule has 0 radical (unpaired) electrons. The summed E-state index contributed by atoms with van der Waals surface area (Å²) in [5.74, 6) is 0.966. The van der Waals surface area contributed by atoms with Crippen LogP contribution in [0.2, 0.25) is 5.02 Å². The largest absolute Gasteiger partial charge is 0.207 e. The van der Waals surface area contributed by atoms with Gasteiger partial charge >= 0.3 is 0 Å². The Morgan fingerprint density at radius 1 is 1.11 bits per heavy atom. The molecule has 2 rings (SSSR count). The van der Waals surface area contributed by atoms with E-state index in [2.05, 4.69) is 0 Å². The third-order valence-corrected chi connectivity index (χ3v) is 4.05. The molecule has 0 spiro atoms. The molecule has 4 heteroatoms. The zero-order valence-corrected chi connectivity index (χ0v) is 11.6. The van der Waals surface area contributed by atoms with Gasteiger partial charge in [0.05, 0.1) is 11.6 Å². The predicted octanol–water partition coefficient (Wildman–Crippen LogP) is 4.78. The lowest BCUT2D eigenvalue weighted by molar-refractivity contribution is 0.617. The fraction of sp³-hybridized carbons (Fsp3) is 0.133. The summed E-state index contributed by atoms with van der Waals surface area (Å²) >= 11 is 7.63. The van der Waals surface area contributed by atoms with Crippen LogP contribution in [-0.4, -0.2) is 0 Å². The first-order chi connectivity index (χ1) is 9.20. The van der Waals surface area contributed by atoms with E-state index >= 15 is 0 Å². The van der Waals surface area contributed by atoms with Crippen molar-refractivity contribution in [2.75, 3.05) is 0 Å². The van der Waals surface area contributed by atoms with Crippen molar-refractivity contribution in [3.05, 3.63) is 70.0 Å². The van der Waals surface area contributed by atoms with Crippen LogP contribution in [0, 0.1) is 17.1 Å². The highest BCUT2D eigenvalue weighted by molar-refractivity contribution is 7.97. The molecule has 0 atom stereocenters. The van der Waals surface area contributed by atoms with Crippen molar-refractivity contribution in [2.45, 2.75) is 11.5 Å².